The van der Waals surface area contributed by atoms with E-state index in [4.69, 9.17) is 16.3 Å². The Labute approximate surface area is 119 Å². The number of hydrogen-bond acceptors (Lipinski definition) is 3. The highest BCUT2D eigenvalue weighted by molar-refractivity contribution is 6.17. The maximum atomic E-state index is 13.8. The van der Waals surface area contributed by atoms with Crippen molar-refractivity contribution in [1.29, 1.82) is 0 Å². The number of benzene rings is 2. The molecule has 0 aromatic heterocycles. The van der Waals surface area contributed by atoms with Gasteiger partial charge in [0, 0.05) is 11.9 Å². The Morgan fingerprint density at radius 2 is 2.05 bits per heavy atom. The molecule has 0 N–H and O–H groups in total. The Bertz CT molecular complexity index is 661. The van der Waals surface area contributed by atoms with Gasteiger partial charge in [0.25, 0.3) is 5.69 Å². The largest absolute Gasteiger partial charge is 0.454 e. The van der Waals surface area contributed by atoms with Gasteiger partial charge in [0.1, 0.15) is 5.75 Å². The number of alkyl halides is 1. The Hall–Kier alpha value is -2.14. The van der Waals surface area contributed by atoms with Crippen LogP contribution in [0.15, 0.2) is 36.4 Å². The quantitative estimate of drug-likeness (QED) is 0.471. The molecule has 2 rings (SSSR count). The summed E-state index contributed by atoms with van der Waals surface area (Å²) < 4.78 is 19.2. The summed E-state index contributed by atoms with van der Waals surface area (Å²) in [5.41, 5.74) is 0.908. The van der Waals surface area contributed by atoms with E-state index in [0.717, 1.165) is 0 Å². The Balaban J connectivity index is 2.35. The van der Waals surface area contributed by atoms with Crippen LogP contribution in [0.4, 0.5) is 10.1 Å². The van der Waals surface area contributed by atoms with Crippen molar-refractivity contribution in [3.05, 3.63) is 63.5 Å². The van der Waals surface area contributed by atoms with Gasteiger partial charge >= 0.3 is 0 Å². The van der Waals surface area contributed by atoms with Crippen molar-refractivity contribution in [2.24, 2.45) is 0 Å². The first kappa shape index (κ1) is 14.3. The lowest BCUT2D eigenvalue weighted by Gasteiger charge is -2.10. The van der Waals surface area contributed by atoms with Crippen molar-refractivity contribution in [3.8, 4) is 11.5 Å². The third-order valence-corrected chi connectivity index (χ3v) is 3.13. The fraction of sp³-hybridized carbons (Fsp3) is 0.143. The highest BCUT2D eigenvalue weighted by Gasteiger charge is 2.15. The van der Waals surface area contributed by atoms with Crippen LogP contribution in [0.2, 0.25) is 0 Å². The second kappa shape index (κ2) is 5.88. The monoisotopic (exact) mass is 295 g/mol. The average Bonchev–Trinajstić information content (AvgIpc) is 2.42. The number of hydrogen-bond donors (Lipinski definition) is 0. The van der Waals surface area contributed by atoms with Crippen molar-refractivity contribution in [1.82, 2.24) is 0 Å². The first-order valence-electron chi connectivity index (χ1n) is 5.79. The Morgan fingerprint density at radius 3 is 2.65 bits per heavy atom. The van der Waals surface area contributed by atoms with Crippen LogP contribution in [0, 0.1) is 22.9 Å². The molecular formula is C14H11ClFNO3. The molecule has 0 amide bonds. The van der Waals surface area contributed by atoms with Crippen LogP contribution < -0.4 is 4.74 Å². The smallest absolute Gasteiger partial charge is 0.276 e. The molecule has 2 aromatic carbocycles. The topological polar surface area (TPSA) is 52.4 Å². The lowest BCUT2D eigenvalue weighted by atomic mass is 10.2. The fourth-order valence-corrected chi connectivity index (χ4v) is 1.91. The maximum absolute atomic E-state index is 13.8. The molecule has 4 nitrogen and oxygen atoms in total. The fourth-order valence-electron chi connectivity index (χ4n) is 1.74. The van der Waals surface area contributed by atoms with E-state index in [1.165, 1.54) is 24.3 Å². The van der Waals surface area contributed by atoms with Crippen LogP contribution in [0.5, 0.6) is 11.5 Å². The van der Waals surface area contributed by atoms with Gasteiger partial charge in [-0.2, -0.15) is 0 Å². The van der Waals surface area contributed by atoms with E-state index in [9.17, 15) is 14.5 Å². The van der Waals surface area contributed by atoms with E-state index in [-0.39, 0.29) is 23.1 Å². The van der Waals surface area contributed by atoms with E-state index in [1.54, 1.807) is 19.1 Å². The molecule has 104 valence electrons. The molecule has 0 aliphatic carbocycles. The molecule has 2 aromatic rings. The summed E-state index contributed by atoms with van der Waals surface area (Å²) in [6.07, 6.45) is 0. The summed E-state index contributed by atoms with van der Waals surface area (Å²) >= 11 is 5.61. The Kier molecular flexibility index (Phi) is 4.20. The van der Waals surface area contributed by atoms with Crippen LogP contribution in [-0.4, -0.2) is 4.92 Å². The van der Waals surface area contributed by atoms with Crippen LogP contribution >= 0.6 is 11.6 Å². The minimum absolute atomic E-state index is 0.00228. The van der Waals surface area contributed by atoms with Gasteiger partial charge in [-0.1, -0.05) is 12.1 Å². The molecule has 0 saturated carbocycles. The van der Waals surface area contributed by atoms with Crippen molar-refractivity contribution in [2.45, 2.75) is 12.8 Å². The molecule has 0 bridgehead atoms. The zero-order valence-corrected chi connectivity index (χ0v) is 11.4. The van der Waals surface area contributed by atoms with Crippen molar-refractivity contribution >= 4 is 17.3 Å². The van der Waals surface area contributed by atoms with E-state index >= 15 is 0 Å². The maximum Gasteiger partial charge on any atom is 0.276 e. The number of halogens is 2. The van der Waals surface area contributed by atoms with Gasteiger partial charge < -0.3 is 4.74 Å². The minimum atomic E-state index is -0.561. The molecule has 0 aliphatic rings. The zero-order valence-electron chi connectivity index (χ0n) is 10.6. The van der Waals surface area contributed by atoms with E-state index in [2.05, 4.69) is 0 Å². The molecule has 0 aliphatic heterocycles. The highest BCUT2D eigenvalue weighted by atomic mass is 35.5. The highest BCUT2D eigenvalue weighted by Crippen LogP contribution is 2.32. The standard InChI is InChI=1S/C14H11ClFNO3/c1-9-12(17(18)19)3-2-4-13(9)20-14-6-5-10(8-15)7-11(14)16/h2-7H,8H2,1H3. The molecular weight excluding hydrogens is 285 g/mol. The van der Waals surface area contributed by atoms with Crippen LogP contribution in [-0.2, 0) is 5.88 Å². The normalized spacial score (nSPS) is 10.3. The third kappa shape index (κ3) is 2.88. The van der Waals surface area contributed by atoms with Gasteiger partial charge in [0.2, 0.25) is 0 Å². The van der Waals surface area contributed by atoms with Crippen molar-refractivity contribution in [2.75, 3.05) is 0 Å². The van der Waals surface area contributed by atoms with Crippen LogP contribution in [0.25, 0.3) is 0 Å². The molecule has 0 heterocycles. The van der Waals surface area contributed by atoms with Crippen molar-refractivity contribution in [3.63, 3.8) is 0 Å². The summed E-state index contributed by atoms with van der Waals surface area (Å²) in [6.45, 7) is 1.55. The molecule has 0 radical (unpaired) electrons. The SMILES string of the molecule is Cc1c(Oc2ccc(CCl)cc2F)cccc1[N+](=O)[O-]. The molecule has 6 heteroatoms. The number of rotatable bonds is 4. The summed E-state index contributed by atoms with van der Waals surface area (Å²) in [4.78, 5) is 10.3. The number of nitro benzene ring substituents is 1. The Morgan fingerprint density at radius 1 is 1.30 bits per heavy atom. The molecule has 0 fully saturated rings. The van der Waals surface area contributed by atoms with Gasteiger partial charge in [-0.15, -0.1) is 11.6 Å². The summed E-state index contributed by atoms with van der Waals surface area (Å²) in [5.74, 6) is -0.110. The predicted octanol–water partition coefficient (Wildman–Crippen LogP) is 4.57. The van der Waals surface area contributed by atoms with Crippen LogP contribution in [0.1, 0.15) is 11.1 Å². The summed E-state index contributed by atoms with van der Waals surface area (Å²) in [7, 11) is 0. The molecule has 20 heavy (non-hydrogen) atoms. The molecule has 0 unspecified atom stereocenters. The molecule has 0 spiro atoms. The first-order chi connectivity index (χ1) is 9.52. The van der Waals surface area contributed by atoms with E-state index in [1.807, 2.05) is 0 Å². The summed E-state index contributed by atoms with van der Waals surface area (Å²) in [6, 6.07) is 8.77. The van der Waals surface area contributed by atoms with Gasteiger partial charge in [-0.05, 0) is 30.7 Å². The average molecular weight is 296 g/mol. The van der Waals surface area contributed by atoms with E-state index < -0.39 is 10.7 Å². The van der Waals surface area contributed by atoms with Gasteiger partial charge in [0.05, 0.1) is 10.5 Å². The molecule has 0 atom stereocenters. The third-order valence-electron chi connectivity index (χ3n) is 2.82. The predicted molar refractivity (Wildman–Crippen MR) is 73.9 cm³/mol. The van der Waals surface area contributed by atoms with Crippen LogP contribution in [0.3, 0.4) is 0 Å². The lowest BCUT2D eigenvalue weighted by molar-refractivity contribution is -0.385. The number of nitrogens with zero attached hydrogens (tertiary/aromatic N) is 1. The number of ether oxygens (including phenoxy) is 1. The second-order valence-electron chi connectivity index (χ2n) is 4.16. The van der Waals surface area contributed by atoms with Crippen molar-refractivity contribution < 1.29 is 14.1 Å². The van der Waals surface area contributed by atoms with Gasteiger partial charge in [0.15, 0.2) is 11.6 Å². The van der Waals surface area contributed by atoms with Gasteiger partial charge in [-0.25, -0.2) is 4.39 Å². The van der Waals surface area contributed by atoms with E-state index in [0.29, 0.717) is 11.1 Å². The summed E-state index contributed by atoms with van der Waals surface area (Å²) in [5, 5.41) is 10.8. The first-order valence-corrected chi connectivity index (χ1v) is 6.32. The lowest BCUT2D eigenvalue weighted by Crippen LogP contribution is -1.96. The second-order valence-corrected chi connectivity index (χ2v) is 4.43. The molecule has 0 saturated heterocycles. The minimum Gasteiger partial charge on any atom is -0.454 e. The van der Waals surface area contributed by atoms with Gasteiger partial charge in [-0.3, -0.25) is 10.1 Å². The zero-order chi connectivity index (χ0) is 14.7. The number of nitro groups is 1.